The number of carbonyl (C=O) groups is 2. The molecule has 3 amide bonds. The average Bonchev–Trinajstić information content (AvgIpc) is 2.60. The average molecular weight is 332 g/mol. The predicted molar refractivity (Wildman–Crippen MR) is 95.9 cm³/mol. The summed E-state index contributed by atoms with van der Waals surface area (Å²) >= 11 is 0. The molecule has 0 aliphatic carbocycles. The highest BCUT2D eigenvalue weighted by molar-refractivity contribution is 5.89. The topological polar surface area (TPSA) is 73.5 Å². The molecule has 0 bridgehead atoms. The number of nitrogens with zero attached hydrogens (tertiary/aromatic N) is 1. The summed E-state index contributed by atoms with van der Waals surface area (Å²) in [5.41, 5.74) is 0.759. The van der Waals surface area contributed by atoms with E-state index in [0.717, 1.165) is 31.5 Å². The quantitative estimate of drug-likeness (QED) is 0.746. The van der Waals surface area contributed by atoms with Crippen molar-refractivity contribution in [2.45, 2.75) is 32.2 Å². The van der Waals surface area contributed by atoms with E-state index in [4.69, 9.17) is 0 Å². The van der Waals surface area contributed by atoms with E-state index in [9.17, 15) is 9.59 Å². The number of nitrogens with one attached hydrogen (secondary N) is 3. The predicted octanol–water partition coefficient (Wildman–Crippen LogP) is 2.04. The molecular weight excluding hydrogens is 304 g/mol. The zero-order chi connectivity index (χ0) is 17.4. The highest BCUT2D eigenvalue weighted by Gasteiger charge is 2.29. The third-order valence-corrected chi connectivity index (χ3v) is 4.37. The maximum absolute atomic E-state index is 12.6. The first-order chi connectivity index (χ1) is 11.6. The van der Waals surface area contributed by atoms with Gasteiger partial charge in [-0.3, -0.25) is 4.79 Å². The lowest BCUT2D eigenvalue weighted by Gasteiger charge is -2.37. The van der Waals surface area contributed by atoms with E-state index >= 15 is 0 Å². The van der Waals surface area contributed by atoms with Gasteiger partial charge in [0, 0.05) is 37.3 Å². The summed E-state index contributed by atoms with van der Waals surface area (Å²) in [5, 5.41) is 8.75. The van der Waals surface area contributed by atoms with E-state index in [0.29, 0.717) is 13.1 Å². The standard InChI is InChI=1S/C18H28N4O2/c1-14(12-19-2)17(23)22-11-7-6-10-16(22)13-20-18(24)21-15-8-4-3-5-9-15/h3-5,8-9,14,16,19H,6-7,10-13H2,1-2H3,(H2,20,21,24). The van der Waals surface area contributed by atoms with Crippen molar-refractivity contribution in [2.24, 2.45) is 5.92 Å². The van der Waals surface area contributed by atoms with Crippen molar-refractivity contribution in [1.29, 1.82) is 0 Å². The van der Waals surface area contributed by atoms with Crippen molar-refractivity contribution in [3.05, 3.63) is 30.3 Å². The van der Waals surface area contributed by atoms with Crippen LogP contribution in [0.15, 0.2) is 30.3 Å². The number of urea groups is 1. The Bertz CT molecular complexity index is 535. The second-order valence-corrected chi connectivity index (χ2v) is 6.34. The lowest BCUT2D eigenvalue weighted by Crippen LogP contribution is -2.52. The smallest absolute Gasteiger partial charge is 0.319 e. The van der Waals surface area contributed by atoms with Crippen LogP contribution in [0.1, 0.15) is 26.2 Å². The number of piperidine rings is 1. The molecule has 2 rings (SSSR count). The number of hydrogen-bond acceptors (Lipinski definition) is 3. The van der Waals surface area contributed by atoms with E-state index in [1.54, 1.807) is 0 Å². The van der Waals surface area contributed by atoms with Gasteiger partial charge in [0.1, 0.15) is 0 Å². The van der Waals surface area contributed by atoms with Crippen LogP contribution < -0.4 is 16.0 Å². The maximum atomic E-state index is 12.6. The molecule has 132 valence electrons. The number of anilines is 1. The van der Waals surface area contributed by atoms with Crippen LogP contribution in [0, 0.1) is 5.92 Å². The number of para-hydroxylation sites is 1. The van der Waals surface area contributed by atoms with Gasteiger partial charge >= 0.3 is 6.03 Å². The molecule has 1 saturated heterocycles. The zero-order valence-corrected chi connectivity index (χ0v) is 14.5. The summed E-state index contributed by atoms with van der Waals surface area (Å²) in [5.74, 6) is 0.119. The highest BCUT2D eigenvalue weighted by atomic mass is 16.2. The van der Waals surface area contributed by atoms with Gasteiger partial charge in [-0.2, -0.15) is 0 Å². The van der Waals surface area contributed by atoms with Crippen molar-refractivity contribution in [3.8, 4) is 0 Å². The van der Waals surface area contributed by atoms with Crippen LogP contribution in [0.4, 0.5) is 10.5 Å². The van der Waals surface area contributed by atoms with Gasteiger partial charge in [0.25, 0.3) is 0 Å². The van der Waals surface area contributed by atoms with Crippen molar-refractivity contribution in [3.63, 3.8) is 0 Å². The molecular formula is C18H28N4O2. The van der Waals surface area contributed by atoms with E-state index in [1.807, 2.05) is 49.2 Å². The lowest BCUT2D eigenvalue weighted by molar-refractivity contribution is -0.138. The van der Waals surface area contributed by atoms with Crippen LogP contribution in [0.5, 0.6) is 0 Å². The Morgan fingerprint density at radius 1 is 1.25 bits per heavy atom. The number of benzene rings is 1. The number of rotatable bonds is 6. The van der Waals surface area contributed by atoms with E-state index < -0.39 is 0 Å². The van der Waals surface area contributed by atoms with Crippen LogP contribution in [-0.4, -0.2) is 49.6 Å². The van der Waals surface area contributed by atoms with Crippen LogP contribution in [0.2, 0.25) is 0 Å². The van der Waals surface area contributed by atoms with Crippen LogP contribution in [0.3, 0.4) is 0 Å². The molecule has 2 atom stereocenters. The second-order valence-electron chi connectivity index (χ2n) is 6.34. The summed E-state index contributed by atoms with van der Waals surface area (Å²) < 4.78 is 0. The van der Waals surface area contributed by atoms with Gasteiger partial charge in [-0.1, -0.05) is 25.1 Å². The molecule has 0 radical (unpaired) electrons. The second kappa shape index (κ2) is 9.27. The molecule has 6 heteroatoms. The van der Waals surface area contributed by atoms with Crippen molar-refractivity contribution in [2.75, 3.05) is 32.0 Å². The molecule has 1 fully saturated rings. The fourth-order valence-electron chi connectivity index (χ4n) is 3.09. The largest absolute Gasteiger partial charge is 0.338 e. The van der Waals surface area contributed by atoms with Crippen LogP contribution in [0.25, 0.3) is 0 Å². The van der Waals surface area contributed by atoms with E-state index in [2.05, 4.69) is 16.0 Å². The minimum Gasteiger partial charge on any atom is -0.338 e. The molecule has 24 heavy (non-hydrogen) atoms. The molecule has 3 N–H and O–H groups in total. The molecule has 0 saturated carbocycles. The van der Waals surface area contributed by atoms with E-state index in [-0.39, 0.29) is 23.9 Å². The molecule has 1 heterocycles. The fourth-order valence-corrected chi connectivity index (χ4v) is 3.09. The number of amides is 3. The van der Waals surface area contributed by atoms with Gasteiger partial charge in [-0.15, -0.1) is 0 Å². The van der Waals surface area contributed by atoms with Crippen molar-refractivity contribution in [1.82, 2.24) is 15.5 Å². The van der Waals surface area contributed by atoms with Crippen molar-refractivity contribution >= 4 is 17.6 Å². The monoisotopic (exact) mass is 332 g/mol. The molecule has 0 spiro atoms. The molecule has 2 unspecified atom stereocenters. The Hall–Kier alpha value is -2.08. The first-order valence-corrected chi connectivity index (χ1v) is 8.66. The summed E-state index contributed by atoms with van der Waals surface area (Å²) in [7, 11) is 1.85. The lowest BCUT2D eigenvalue weighted by atomic mass is 9.99. The maximum Gasteiger partial charge on any atom is 0.319 e. The van der Waals surface area contributed by atoms with Gasteiger partial charge in [0.15, 0.2) is 0 Å². The van der Waals surface area contributed by atoms with Crippen LogP contribution in [-0.2, 0) is 4.79 Å². The summed E-state index contributed by atoms with van der Waals surface area (Å²) in [6.45, 7) is 3.88. The van der Waals surface area contributed by atoms with Gasteiger partial charge in [-0.05, 0) is 38.4 Å². The highest BCUT2D eigenvalue weighted by Crippen LogP contribution is 2.19. The fraction of sp³-hybridized carbons (Fsp3) is 0.556. The molecule has 1 aromatic carbocycles. The molecule has 1 aliphatic rings. The van der Waals surface area contributed by atoms with Gasteiger partial charge in [0.2, 0.25) is 5.91 Å². The summed E-state index contributed by atoms with van der Waals surface area (Å²) in [6, 6.07) is 9.18. The minimum atomic E-state index is -0.234. The summed E-state index contributed by atoms with van der Waals surface area (Å²) in [6.07, 6.45) is 3.06. The van der Waals surface area contributed by atoms with Crippen LogP contribution >= 0.6 is 0 Å². The SMILES string of the molecule is CNCC(C)C(=O)N1CCCCC1CNC(=O)Nc1ccccc1. The minimum absolute atomic E-state index is 0.0475. The number of carbonyl (C=O) groups excluding carboxylic acids is 2. The molecule has 0 aromatic heterocycles. The molecule has 1 aliphatic heterocycles. The Balaban J connectivity index is 1.86. The third-order valence-electron chi connectivity index (χ3n) is 4.37. The van der Waals surface area contributed by atoms with Gasteiger partial charge in [-0.25, -0.2) is 4.79 Å². The first-order valence-electron chi connectivity index (χ1n) is 8.66. The Morgan fingerprint density at radius 3 is 2.71 bits per heavy atom. The Labute approximate surface area is 144 Å². The zero-order valence-electron chi connectivity index (χ0n) is 14.5. The summed E-state index contributed by atoms with van der Waals surface area (Å²) in [4.78, 5) is 26.6. The van der Waals surface area contributed by atoms with Gasteiger partial charge < -0.3 is 20.9 Å². The number of hydrogen-bond donors (Lipinski definition) is 3. The molecule has 6 nitrogen and oxygen atoms in total. The van der Waals surface area contributed by atoms with Gasteiger partial charge in [0.05, 0.1) is 0 Å². The Morgan fingerprint density at radius 2 is 2.00 bits per heavy atom. The third kappa shape index (κ3) is 5.23. The van der Waals surface area contributed by atoms with E-state index in [1.165, 1.54) is 0 Å². The number of likely N-dealkylation sites (tertiary alicyclic amines) is 1. The normalized spacial score (nSPS) is 18.8. The first kappa shape index (κ1) is 18.3. The Kier molecular flexibility index (Phi) is 7.06. The van der Waals surface area contributed by atoms with Crippen molar-refractivity contribution < 1.29 is 9.59 Å². The molecule has 1 aromatic rings.